The lowest BCUT2D eigenvalue weighted by Gasteiger charge is -2.29. The first-order valence-electron chi connectivity index (χ1n) is 12.4. The molecule has 0 aliphatic heterocycles. The molecule has 0 radical (unpaired) electrons. The van der Waals surface area contributed by atoms with Crippen molar-refractivity contribution in [2.24, 2.45) is 5.73 Å². The van der Waals surface area contributed by atoms with E-state index in [9.17, 15) is 32.3 Å². The second-order valence-corrected chi connectivity index (χ2v) is 11.0. The molecular weight excluding hydrogens is 581 g/mol. The monoisotopic (exact) mass is 606 g/mol. The highest BCUT2D eigenvalue weighted by molar-refractivity contribution is 7.99. The standard InChI is InChI=1S/C27H25F3N4O5S2/c28-27(29,30)22(35)16-40-12-6-10-20(24(31)37)33(13-18-15-41-25(32-18)17-7-2-1-3-8-17)23(36)14-34-19-9-4-5-11-21(19)39-26(34)38/h1-5,7-9,11,15,20H,6,10,12-14,16H2,(H2,31,37)/t20-/m0/s1. The Bertz CT molecular complexity index is 1580. The number of Topliss-reactive ketones (excluding diaryl/α,β-unsaturated/α-hetero) is 1. The Balaban J connectivity index is 1.54. The molecule has 4 rings (SSSR count). The molecule has 0 fully saturated rings. The molecule has 0 unspecified atom stereocenters. The second kappa shape index (κ2) is 13.2. The van der Waals surface area contributed by atoms with E-state index in [1.807, 2.05) is 30.3 Å². The molecule has 9 nitrogen and oxygen atoms in total. The largest absolute Gasteiger partial charge is 0.450 e. The Labute approximate surface area is 240 Å². The lowest BCUT2D eigenvalue weighted by atomic mass is 10.1. The number of halogens is 3. The predicted molar refractivity (Wildman–Crippen MR) is 149 cm³/mol. The summed E-state index contributed by atoms with van der Waals surface area (Å²) in [6.07, 6.45) is -4.67. The fourth-order valence-corrected chi connectivity index (χ4v) is 5.79. The zero-order chi connectivity index (χ0) is 29.6. The van der Waals surface area contributed by atoms with Crippen molar-refractivity contribution in [3.8, 4) is 10.6 Å². The van der Waals surface area contributed by atoms with Crippen molar-refractivity contribution in [1.29, 1.82) is 0 Å². The molecule has 2 amide bonds. The average molecular weight is 607 g/mol. The molecule has 0 saturated heterocycles. The molecule has 2 N–H and O–H groups in total. The predicted octanol–water partition coefficient (Wildman–Crippen LogP) is 4.25. The van der Waals surface area contributed by atoms with Crippen LogP contribution in [0.4, 0.5) is 13.2 Å². The smallest absolute Gasteiger partial charge is 0.408 e. The molecule has 0 aliphatic carbocycles. The van der Waals surface area contributed by atoms with Gasteiger partial charge in [0.05, 0.1) is 23.5 Å². The van der Waals surface area contributed by atoms with E-state index in [4.69, 9.17) is 10.2 Å². The number of para-hydroxylation sites is 2. The fraction of sp³-hybridized carbons (Fsp3) is 0.296. The highest BCUT2D eigenvalue weighted by Crippen LogP contribution is 2.25. The number of ketones is 1. The number of fused-ring (bicyclic) bond motifs is 1. The van der Waals surface area contributed by atoms with E-state index in [-0.39, 0.29) is 25.1 Å². The molecule has 0 saturated carbocycles. The van der Waals surface area contributed by atoms with Crippen LogP contribution in [0.5, 0.6) is 0 Å². The summed E-state index contributed by atoms with van der Waals surface area (Å²) >= 11 is 2.13. The fourth-order valence-electron chi connectivity index (χ4n) is 4.11. The van der Waals surface area contributed by atoms with E-state index in [1.165, 1.54) is 16.2 Å². The maximum Gasteiger partial charge on any atom is 0.450 e. The van der Waals surface area contributed by atoms with Crippen LogP contribution in [0.15, 0.2) is 69.2 Å². The highest BCUT2D eigenvalue weighted by Gasteiger charge is 2.37. The van der Waals surface area contributed by atoms with E-state index in [2.05, 4.69) is 4.98 Å². The number of thioether (sulfide) groups is 1. The number of hydrogen-bond acceptors (Lipinski definition) is 8. The van der Waals surface area contributed by atoms with Gasteiger partial charge in [-0.1, -0.05) is 42.5 Å². The lowest BCUT2D eigenvalue weighted by molar-refractivity contribution is -0.167. The number of carbonyl (C=O) groups is 3. The zero-order valence-electron chi connectivity index (χ0n) is 21.5. The summed E-state index contributed by atoms with van der Waals surface area (Å²) in [5.41, 5.74) is 7.74. The minimum Gasteiger partial charge on any atom is -0.408 e. The molecule has 14 heteroatoms. The number of aromatic nitrogens is 2. The number of amides is 2. The van der Waals surface area contributed by atoms with Crippen LogP contribution in [0.1, 0.15) is 18.5 Å². The van der Waals surface area contributed by atoms with Crippen LogP contribution in [0.2, 0.25) is 0 Å². The van der Waals surface area contributed by atoms with Crippen molar-refractivity contribution in [3.63, 3.8) is 0 Å². The number of benzene rings is 2. The van der Waals surface area contributed by atoms with Crippen molar-refractivity contribution in [3.05, 3.63) is 76.2 Å². The third-order valence-corrected chi connectivity index (χ3v) is 8.10. The normalized spacial score (nSPS) is 12.4. The van der Waals surface area contributed by atoms with Gasteiger partial charge in [-0.05, 0) is 30.7 Å². The number of thiazole rings is 1. The summed E-state index contributed by atoms with van der Waals surface area (Å²) in [6, 6.07) is 14.8. The summed E-state index contributed by atoms with van der Waals surface area (Å²) < 4.78 is 43.8. The first kappa shape index (κ1) is 30.1. The molecule has 2 heterocycles. The molecule has 2 aromatic heterocycles. The number of oxazole rings is 1. The van der Waals surface area contributed by atoms with Gasteiger partial charge in [0, 0.05) is 10.9 Å². The third-order valence-electron chi connectivity index (χ3n) is 6.11. The SMILES string of the molecule is NC(=O)[C@H](CCCSCC(=O)C(F)(F)F)N(Cc1csc(-c2ccccc2)n1)C(=O)Cn1c(=O)oc2ccccc21. The van der Waals surface area contributed by atoms with Crippen molar-refractivity contribution in [2.45, 2.75) is 38.1 Å². The number of carbonyl (C=O) groups excluding carboxylic acids is 3. The van der Waals surface area contributed by atoms with Crippen LogP contribution in [0, 0.1) is 0 Å². The number of nitrogens with zero attached hydrogens (tertiary/aromatic N) is 3. The molecule has 2 aromatic carbocycles. The van der Waals surface area contributed by atoms with Gasteiger partial charge in [-0.2, -0.15) is 24.9 Å². The van der Waals surface area contributed by atoms with Crippen LogP contribution in [-0.2, 0) is 27.5 Å². The number of primary amides is 1. The maximum absolute atomic E-state index is 13.6. The summed E-state index contributed by atoms with van der Waals surface area (Å²) in [5, 5.41) is 2.45. The lowest BCUT2D eigenvalue weighted by Crippen LogP contribution is -2.49. The molecule has 0 bridgehead atoms. The number of hydrogen-bond donors (Lipinski definition) is 1. The van der Waals surface area contributed by atoms with E-state index < -0.39 is 47.9 Å². The number of alkyl halides is 3. The molecule has 0 spiro atoms. The van der Waals surface area contributed by atoms with Crippen molar-refractivity contribution in [1.82, 2.24) is 14.5 Å². The third kappa shape index (κ3) is 7.64. The molecule has 216 valence electrons. The van der Waals surface area contributed by atoms with E-state index in [0.717, 1.165) is 21.9 Å². The zero-order valence-corrected chi connectivity index (χ0v) is 23.1. The highest BCUT2D eigenvalue weighted by atomic mass is 32.2. The quantitative estimate of drug-likeness (QED) is 0.226. The van der Waals surface area contributed by atoms with Gasteiger partial charge in [-0.15, -0.1) is 11.3 Å². The van der Waals surface area contributed by atoms with Gasteiger partial charge in [0.25, 0.3) is 0 Å². The van der Waals surface area contributed by atoms with Gasteiger partial charge in [0.1, 0.15) is 17.6 Å². The first-order valence-corrected chi connectivity index (χ1v) is 14.4. The van der Waals surface area contributed by atoms with Gasteiger partial charge in [0.2, 0.25) is 17.6 Å². The summed E-state index contributed by atoms with van der Waals surface area (Å²) in [7, 11) is 0. The molecule has 4 aromatic rings. The second-order valence-electron chi connectivity index (χ2n) is 8.99. The van der Waals surface area contributed by atoms with Gasteiger partial charge in [-0.25, -0.2) is 9.78 Å². The van der Waals surface area contributed by atoms with E-state index >= 15 is 0 Å². The summed E-state index contributed by atoms with van der Waals surface area (Å²) in [6.45, 7) is -0.538. The van der Waals surface area contributed by atoms with Crippen molar-refractivity contribution in [2.75, 3.05) is 11.5 Å². The number of rotatable bonds is 13. The Kier molecular flexibility index (Phi) is 9.65. The Hall–Kier alpha value is -3.91. The van der Waals surface area contributed by atoms with E-state index in [1.54, 1.807) is 29.6 Å². The Morgan fingerprint density at radius 2 is 1.80 bits per heavy atom. The van der Waals surface area contributed by atoms with Crippen LogP contribution in [0.25, 0.3) is 21.7 Å². The summed E-state index contributed by atoms with van der Waals surface area (Å²) in [5.74, 6) is -4.63. The molecule has 41 heavy (non-hydrogen) atoms. The molecular formula is C27H25F3N4O5S2. The average Bonchev–Trinajstić information content (AvgIpc) is 3.53. The maximum atomic E-state index is 13.6. The van der Waals surface area contributed by atoms with E-state index in [0.29, 0.717) is 21.8 Å². The van der Waals surface area contributed by atoms with Crippen LogP contribution in [-0.4, -0.2) is 55.8 Å². The Morgan fingerprint density at radius 1 is 1.10 bits per heavy atom. The molecule has 1 atom stereocenters. The minimum absolute atomic E-state index is 0.0327. The minimum atomic E-state index is -4.91. The van der Waals surface area contributed by atoms with Crippen molar-refractivity contribution >= 4 is 51.8 Å². The molecule has 0 aliphatic rings. The van der Waals surface area contributed by atoms with Crippen LogP contribution >= 0.6 is 23.1 Å². The van der Waals surface area contributed by atoms with Gasteiger partial charge >= 0.3 is 11.9 Å². The van der Waals surface area contributed by atoms with Gasteiger partial charge in [-0.3, -0.25) is 19.0 Å². The van der Waals surface area contributed by atoms with Crippen molar-refractivity contribution < 1.29 is 32.0 Å². The van der Waals surface area contributed by atoms with Gasteiger partial charge in [0.15, 0.2) is 5.58 Å². The van der Waals surface area contributed by atoms with Crippen LogP contribution in [0.3, 0.4) is 0 Å². The Morgan fingerprint density at radius 3 is 2.51 bits per heavy atom. The van der Waals surface area contributed by atoms with Crippen LogP contribution < -0.4 is 11.5 Å². The first-order chi connectivity index (χ1) is 19.5. The topological polar surface area (TPSA) is 128 Å². The number of nitrogens with two attached hydrogens (primary N) is 1. The summed E-state index contributed by atoms with van der Waals surface area (Å²) in [4.78, 5) is 55.7. The van der Waals surface area contributed by atoms with Gasteiger partial charge < -0.3 is 15.1 Å².